The molecule has 1 spiro atoms. The standard InChI is InChI=1S/C32H22/c1-3-11-22-20(9-1)17-18-29-30(22)25-14-6-8-16-28(25)32(29)27-15-7-5-13-24(27)26-19-21-10-2-4-12-23(21)31(26)32/h1-18,26,31H,19H2. The van der Waals surface area contributed by atoms with Gasteiger partial charge in [-0.2, -0.15) is 0 Å². The Balaban J connectivity index is 1.59. The molecule has 0 aromatic heterocycles. The number of hydrogen-bond acceptors (Lipinski definition) is 0. The van der Waals surface area contributed by atoms with Crippen LogP contribution in [0.2, 0.25) is 0 Å². The van der Waals surface area contributed by atoms with Gasteiger partial charge < -0.3 is 0 Å². The predicted molar refractivity (Wildman–Crippen MR) is 131 cm³/mol. The molecule has 0 radical (unpaired) electrons. The van der Waals surface area contributed by atoms with Gasteiger partial charge in [-0.05, 0) is 67.6 Å². The molecule has 5 aromatic rings. The number of rotatable bonds is 0. The second kappa shape index (κ2) is 5.78. The highest BCUT2D eigenvalue weighted by Gasteiger charge is 2.60. The normalized spacial score (nSPS) is 23.6. The first-order valence-corrected chi connectivity index (χ1v) is 11.7. The van der Waals surface area contributed by atoms with Gasteiger partial charge in [0, 0.05) is 5.92 Å². The van der Waals surface area contributed by atoms with Crippen LogP contribution in [0, 0.1) is 0 Å². The van der Waals surface area contributed by atoms with Crippen molar-refractivity contribution >= 4 is 10.8 Å². The summed E-state index contributed by atoms with van der Waals surface area (Å²) in [6.07, 6.45) is 1.14. The lowest BCUT2D eigenvalue weighted by Gasteiger charge is -2.36. The van der Waals surface area contributed by atoms with E-state index in [1.54, 1.807) is 11.1 Å². The molecule has 3 aliphatic carbocycles. The minimum atomic E-state index is -0.121. The Kier molecular flexibility index (Phi) is 3.07. The predicted octanol–water partition coefficient (Wildman–Crippen LogP) is 7.59. The molecule has 0 amide bonds. The fraction of sp³-hybridized carbons (Fsp3) is 0.125. The van der Waals surface area contributed by atoms with Crippen molar-refractivity contribution in [2.75, 3.05) is 0 Å². The van der Waals surface area contributed by atoms with Gasteiger partial charge in [0.1, 0.15) is 0 Å². The van der Waals surface area contributed by atoms with Crippen molar-refractivity contribution < 1.29 is 0 Å². The van der Waals surface area contributed by atoms with E-state index in [9.17, 15) is 0 Å². The van der Waals surface area contributed by atoms with Crippen LogP contribution >= 0.6 is 0 Å². The van der Waals surface area contributed by atoms with E-state index in [0.29, 0.717) is 11.8 Å². The quantitative estimate of drug-likeness (QED) is 0.248. The van der Waals surface area contributed by atoms with E-state index in [1.165, 1.54) is 44.2 Å². The van der Waals surface area contributed by atoms with Gasteiger partial charge in [0.25, 0.3) is 0 Å². The van der Waals surface area contributed by atoms with E-state index < -0.39 is 0 Å². The summed E-state index contributed by atoms with van der Waals surface area (Å²) in [5, 5.41) is 2.70. The Hall–Kier alpha value is -3.64. The molecule has 0 saturated heterocycles. The largest absolute Gasteiger partial charge is 0.0620 e. The van der Waals surface area contributed by atoms with Gasteiger partial charge in [0.15, 0.2) is 0 Å². The van der Waals surface area contributed by atoms with Gasteiger partial charge in [-0.25, -0.2) is 0 Å². The minimum absolute atomic E-state index is 0.121. The Morgan fingerprint density at radius 1 is 0.562 bits per heavy atom. The van der Waals surface area contributed by atoms with E-state index >= 15 is 0 Å². The molecule has 0 fully saturated rings. The van der Waals surface area contributed by atoms with E-state index in [2.05, 4.69) is 109 Å². The molecule has 0 bridgehead atoms. The summed E-state index contributed by atoms with van der Waals surface area (Å²) >= 11 is 0. The average molecular weight is 407 g/mol. The van der Waals surface area contributed by atoms with Gasteiger partial charge in [-0.3, -0.25) is 0 Å². The summed E-state index contributed by atoms with van der Waals surface area (Å²) in [6.45, 7) is 0. The highest BCUT2D eigenvalue weighted by Crippen LogP contribution is 2.70. The third-order valence-corrected chi connectivity index (χ3v) is 8.46. The summed E-state index contributed by atoms with van der Waals surface area (Å²) in [7, 11) is 0. The third kappa shape index (κ3) is 1.79. The first-order valence-electron chi connectivity index (χ1n) is 11.7. The highest BCUT2D eigenvalue weighted by molar-refractivity contribution is 6.03. The lowest BCUT2D eigenvalue weighted by Crippen LogP contribution is -2.31. The van der Waals surface area contributed by atoms with Crippen molar-refractivity contribution in [3.63, 3.8) is 0 Å². The van der Waals surface area contributed by atoms with Crippen molar-refractivity contribution in [3.05, 3.63) is 143 Å². The molecule has 0 N–H and O–H groups in total. The highest BCUT2D eigenvalue weighted by atomic mass is 14.6. The molecule has 32 heavy (non-hydrogen) atoms. The van der Waals surface area contributed by atoms with Crippen LogP contribution in [0.3, 0.4) is 0 Å². The minimum Gasteiger partial charge on any atom is -0.0620 e. The summed E-state index contributed by atoms with van der Waals surface area (Å²) in [4.78, 5) is 0. The fourth-order valence-electron chi connectivity index (χ4n) is 7.47. The van der Waals surface area contributed by atoms with Gasteiger partial charge in [0.05, 0.1) is 5.41 Å². The van der Waals surface area contributed by atoms with E-state index in [-0.39, 0.29) is 5.41 Å². The summed E-state index contributed by atoms with van der Waals surface area (Å²) in [5.41, 5.74) is 11.9. The molecular weight excluding hydrogens is 384 g/mol. The second-order valence-corrected chi connectivity index (χ2v) is 9.64. The summed E-state index contributed by atoms with van der Waals surface area (Å²) in [5.74, 6) is 0.980. The van der Waals surface area contributed by atoms with Crippen LogP contribution in [0.15, 0.2) is 109 Å². The third-order valence-electron chi connectivity index (χ3n) is 8.46. The van der Waals surface area contributed by atoms with Crippen molar-refractivity contribution in [1.82, 2.24) is 0 Å². The van der Waals surface area contributed by atoms with Crippen LogP contribution in [0.25, 0.3) is 21.9 Å². The molecule has 8 rings (SSSR count). The van der Waals surface area contributed by atoms with Crippen LogP contribution in [0.1, 0.15) is 45.2 Å². The molecule has 3 unspecified atom stereocenters. The summed E-state index contributed by atoms with van der Waals surface area (Å²) < 4.78 is 0. The van der Waals surface area contributed by atoms with Gasteiger partial charge >= 0.3 is 0 Å². The smallest absolute Gasteiger partial charge is 0.0541 e. The van der Waals surface area contributed by atoms with Crippen molar-refractivity contribution in [1.29, 1.82) is 0 Å². The molecule has 0 saturated carbocycles. The molecule has 0 heterocycles. The molecule has 3 aliphatic rings. The molecule has 150 valence electrons. The molecule has 0 heteroatoms. The van der Waals surface area contributed by atoms with Crippen LogP contribution in [0.5, 0.6) is 0 Å². The maximum absolute atomic E-state index is 2.44. The van der Waals surface area contributed by atoms with Crippen molar-refractivity contribution in [2.45, 2.75) is 23.7 Å². The van der Waals surface area contributed by atoms with Gasteiger partial charge in [0.2, 0.25) is 0 Å². The Morgan fingerprint density at radius 3 is 2.22 bits per heavy atom. The molecule has 0 nitrogen and oxygen atoms in total. The van der Waals surface area contributed by atoms with Crippen molar-refractivity contribution in [3.8, 4) is 11.1 Å². The maximum atomic E-state index is 2.44. The average Bonchev–Trinajstić information content (AvgIpc) is 3.47. The molecular formula is C32H22. The van der Waals surface area contributed by atoms with Gasteiger partial charge in [-0.1, -0.05) is 109 Å². The number of benzene rings is 5. The molecule has 0 aliphatic heterocycles. The summed E-state index contributed by atoms with van der Waals surface area (Å²) in [6, 6.07) is 41.4. The monoisotopic (exact) mass is 406 g/mol. The lowest BCUT2D eigenvalue weighted by molar-refractivity contribution is 0.490. The molecule has 5 aromatic carbocycles. The maximum Gasteiger partial charge on any atom is 0.0541 e. The zero-order chi connectivity index (χ0) is 20.9. The SMILES string of the molecule is c1ccc2c(c1)CC1c3ccccc3C3(c4ccccc4-c4c3ccc3ccccc43)C21. The van der Waals surface area contributed by atoms with E-state index in [4.69, 9.17) is 0 Å². The molecule has 3 atom stereocenters. The Morgan fingerprint density at radius 2 is 1.28 bits per heavy atom. The Labute approximate surface area is 188 Å². The van der Waals surface area contributed by atoms with E-state index in [1.807, 2.05) is 0 Å². The topological polar surface area (TPSA) is 0 Å². The lowest BCUT2D eigenvalue weighted by atomic mass is 9.65. The van der Waals surface area contributed by atoms with Crippen molar-refractivity contribution in [2.24, 2.45) is 0 Å². The van der Waals surface area contributed by atoms with Crippen LogP contribution in [-0.2, 0) is 11.8 Å². The number of hydrogen-bond donors (Lipinski definition) is 0. The van der Waals surface area contributed by atoms with E-state index in [0.717, 1.165) is 6.42 Å². The number of fused-ring (bicyclic) bond motifs is 14. The van der Waals surface area contributed by atoms with Crippen LogP contribution < -0.4 is 0 Å². The zero-order valence-electron chi connectivity index (χ0n) is 17.8. The van der Waals surface area contributed by atoms with Crippen LogP contribution in [-0.4, -0.2) is 0 Å². The van der Waals surface area contributed by atoms with Crippen LogP contribution in [0.4, 0.5) is 0 Å². The first kappa shape index (κ1) is 17.0. The second-order valence-electron chi connectivity index (χ2n) is 9.64. The fourth-order valence-corrected chi connectivity index (χ4v) is 7.47. The zero-order valence-corrected chi connectivity index (χ0v) is 17.8. The first-order chi connectivity index (χ1) is 15.9. The Bertz CT molecular complexity index is 1570. The van der Waals surface area contributed by atoms with Gasteiger partial charge in [-0.15, -0.1) is 0 Å².